The van der Waals surface area contributed by atoms with Crippen molar-refractivity contribution in [3.8, 4) is 0 Å². The third-order valence-corrected chi connectivity index (χ3v) is 6.11. The van der Waals surface area contributed by atoms with Crippen LogP contribution < -0.4 is 10.6 Å². The minimum Gasteiger partial charge on any atom is -0.459 e. The van der Waals surface area contributed by atoms with E-state index in [9.17, 15) is 18.8 Å². The van der Waals surface area contributed by atoms with E-state index in [4.69, 9.17) is 4.42 Å². The molecule has 3 amide bonds. The summed E-state index contributed by atoms with van der Waals surface area (Å²) < 4.78 is 18.6. The standard InChI is InChI=1S/C27H28FN3O4/c28-21-14-12-19(13-15-21)18-31(24(32)17-29-26(33)23-11-6-16-35-23)25(20-7-2-1-3-8-20)27(34)30-22-9-4-5-10-22/h1-3,6-8,11-16,22,25H,4-5,9-10,17-18H2,(H,29,33)(H,30,34)/t25-/m0/s1. The van der Waals surface area contributed by atoms with E-state index in [-0.39, 0.29) is 30.8 Å². The summed E-state index contributed by atoms with van der Waals surface area (Å²) in [6, 6.07) is 17.1. The molecule has 7 nitrogen and oxygen atoms in total. The van der Waals surface area contributed by atoms with Gasteiger partial charge in [0.25, 0.3) is 5.91 Å². The zero-order chi connectivity index (χ0) is 24.6. The molecular weight excluding hydrogens is 449 g/mol. The first-order chi connectivity index (χ1) is 17.0. The zero-order valence-electron chi connectivity index (χ0n) is 19.3. The molecule has 0 radical (unpaired) electrons. The van der Waals surface area contributed by atoms with Gasteiger partial charge in [0.05, 0.1) is 12.8 Å². The highest BCUT2D eigenvalue weighted by Crippen LogP contribution is 2.26. The zero-order valence-corrected chi connectivity index (χ0v) is 19.3. The molecule has 1 saturated carbocycles. The molecule has 1 fully saturated rings. The Kier molecular flexibility index (Phi) is 7.92. The molecule has 1 heterocycles. The Hall–Kier alpha value is -3.94. The molecule has 1 aromatic heterocycles. The van der Waals surface area contributed by atoms with Crippen molar-refractivity contribution in [2.75, 3.05) is 6.54 Å². The highest BCUT2D eigenvalue weighted by atomic mass is 19.1. The summed E-state index contributed by atoms with van der Waals surface area (Å²) in [5, 5.41) is 5.66. The SMILES string of the molecule is O=C(NCC(=O)N(Cc1ccc(F)cc1)[C@H](C(=O)NC1CCCC1)c1ccccc1)c1ccco1. The maximum absolute atomic E-state index is 13.5. The summed E-state index contributed by atoms with van der Waals surface area (Å²) in [4.78, 5) is 40.8. The fourth-order valence-electron chi connectivity index (χ4n) is 4.32. The fourth-order valence-corrected chi connectivity index (χ4v) is 4.32. The van der Waals surface area contributed by atoms with Crippen molar-refractivity contribution in [3.05, 3.63) is 95.7 Å². The first-order valence-corrected chi connectivity index (χ1v) is 11.7. The van der Waals surface area contributed by atoms with Crippen LogP contribution in [0.4, 0.5) is 4.39 Å². The Labute approximate surface area is 203 Å². The molecule has 1 aliphatic carbocycles. The van der Waals surface area contributed by atoms with E-state index in [1.165, 1.54) is 29.4 Å². The van der Waals surface area contributed by atoms with Crippen LogP contribution in [0.25, 0.3) is 0 Å². The van der Waals surface area contributed by atoms with E-state index in [0.29, 0.717) is 11.1 Å². The summed E-state index contributed by atoms with van der Waals surface area (Å²) in [5.41, 5.74) is 1.31. The number of carbonyl (C=O) groups excluding carboxylic acids is 3. The van der Waals surface area contributed by atoms with Crippen LogP contribution in [0.1, 0.15) is 53.4 Å². The van der Waals surface area contributed by atoms with Gasteiger partial charge < -0.3 is 20.0 Å². The van der Waals surface area contributed by atoms with Gasteiger partial charge in [-0.05, 0) is 48.2 Å². The predicted octanol–water partition coefficient (Wildman–Crippen LogP) is 3.98. The van der Waals surface area contributed by atoms with Crippen molar-refractivity contribution in [1.29, 1.82) is 0 Å². The summed E-state index contributed by atoms with van der Waals surface area (Å²) in [7, 11) is 0. The van der Waals surface area contributed by atoms with Crippen LogP contribution in [-0.2, 0) is 16.1 Å². The molecule has 3 aromatic rings. The third-order valence-electron chi connectivity index (χ3n) is 6.11. The van der Waals surface area contributed by atoms with Gasteiger partial charge >= 0.3 is 0 Å². The first-order valence-electron chi connectivity index (χ1n) is 11.7. The largest absolute Gasteiger partial charge is 0.459 e. The number of hydrogen-bond donors (Lipinski definition) is 2. The number of hydrogen-bond acceptors (Lipinski definition) is 4. The lowest BCUT2D eigenvalue weighted by molar-refractivity contribution is -0.141. The Morgan fingerprint density at radius 3 is 2.34 bits per heavy atom. The molecule has 8 heteroatoms. The molecule has 0 bridgehead atoms. The van der Waals surface area contributed by atoms with Gasteiger partial charge in [-0.15, -0.1) is 0 Å². The average Bonchev–Trinajstić information content (AvgIpc) is 3.59. The van der Waals surface area contributed by atoms with Gasteiger partial charge in [0.15, 0.2) is 5.76 Å². The molecule has 4 rings (SSSR count). The number of rotatable bonds is 9. The monoisotopic (exact) mass is 477 g/mol. The summed E-state index contributed by atoms with van der Waals surface area (Å²) in [6.07, 6.45) is 5.28. The molecule has 1 atom stereocenters. The predicted molar refractivity (Wildman–Crippen MR) is 128 cm³/mol. The Balaban J connectivity index is 1.61. The molecule has 0 aliphatic heterocycles. The summed E-state index contributed by atoms with van der Waals surface area (Å²) in [6.45, 7) is -0.270. The van der Waals surface area contributed by atoms with Crippen LogP contribution in [0.5, 0.6) is 0 Å². The highest BCUT2D eigenvalue weighted by Gasteiger charge is 2.33. The maximum Gasteiger partial charge on any atom is 0.287 e. The second-order valence-electron chi connectivity index (χ2n) is 8.61. The van der Waals surface area contributed by atoms with Gasteiger partial charge in [-0.25, -0.2) is 4.39 Å². The van der Waals surface area contributed by atoms with Crippen LogP contribution in [0, 0.1) is 5.82 Å². The van der Waals surface area contributed by atoms with Crippen LogP contribution in [0.2, 0.25) is 0 Å². The second-order valence-corrected chi connectivity index (χ2v) is 8.61. The van der Waals surface area contributed by atoms with Crippen molar-refractivity contribution < 1.29 is 23.2 Å². The van der Waals surface area contributed by atoms with E-state index < -0.39 is 23.7 Å². The smallest absolute Gasteiger partial charge is 0.287 e. The van der Waals surface area contributed by atoms with Crippen molar-refractivity contribution in [3.63, 3.8) is 0 Å². The molecule has 35 heavy (non-hydrogen) atoms. The third kappa shape index (κ3) is 6.35. The van der Waals surface area contributed by atoms with Gasteiger partial charge in [0.1, 0.15) is 11.9 Å². The van der Waals surface area contributed by atoms with Crippen molar-refractivity contribution in [2.24, 2.45) is 0 Å². The molecule has 0 saturated heterocycles. The Morgan fingerprint density at radius 2 is 1.69 bits per heavy atom. The van der Waals surface area contributed by atoms with E-state index >= 15 is 0 Å². The molecule has 0 unspecified atom stereocenters. The van der Waals surface area contributed by atoms with Crippen molar-refractivity contribution in [2.45, 2.75) is 44.3 Å². The van der Waals surface area contributed by atoms with Gasteiger partial charge in [-0.3, -0.25) is 14.4 Å². The number of furan rings is 1. The van der Waals surface area contributed by atoms with E-state index in [1.807, 2.05) is 18.2 Å². The summed E-state index contributed by atoms with van der Waals surface area (Å²) in [5.74, 6) is -1.57. The lowest BCUT2D eigenvalue weighted by Gasteiger charge is -2.32. The number of nitrogens with zero attached hydrogens (tertiary/aromatic N) is 1. The molecular formula is C27H28FN3O4. The normalized spacial score (nSPS) is 14.3. The molecule has 1 aliphatic rings. The highest BCUT2D eigenvalue weighted by molar-refractivity contribution is 5.95. The van der Waals surface area contributed by atoms with Gasteiger partial charge in [0, 0.05) is 12.6 Å². The number of nitrogens with one attached hydrogen (secondary N) is 2. The maximum atomic E-state index is 13.5. The van der Waals surface area contributed by atoms with Gasteiger partial charge in [0.2, 0.25) is 11.8 Å². The van der Waals surface area contributed by atoms with Gasteiger partial charge in [-0.2, -0.15) is 0 Å². The lowest BCUT2D eigenvalue weighted by atomic mass is 10.0. The minimum absolute atomic E-state index is 0.0629. The fraction of sp³-hybridized carbons (Fsp3) is 0.296. The topological polar surface area (TPSA) is 91.7 Å². The quantitative estimate of drug-likeness (QED) is 0.488. The molecule has 182 valence electrons. The van der Waals surface area contributed by atoms with E-state index in [1.54, 1.807) is 30.3 Å². The summed E-state index contributed by atoms with van der Waals surface area (Å²) >= 11 is 0. The average molecular weight is 478 g/mol. The lowest BCUT2D eigenvalue weighted by Crippen LogP contribution is -2.48. The van der Waals surface area contributed by atoms with Gasteiger partial charge in [-0.1, -0.05) is 55.3 Å². The number of amides is 3. The van der Waals surface area contributed by atoms with Crippen molar-refractivity contribution >= 4 is 17.7 Å². The van der Waals surface area contributed by atoms with E-state index in [0.717, 1.165) is 25.7 Å². The molecule has 0 spiro atoms. The number of halogens is 1. The Bertz CT molecular complexity index is 1130. The van der Waals surface area contributed by atoms with Crippen LogP contribution in [0.15, 0.2) is 77.4 Å². The van der Waals surface area contributed by atoms with E-state index in [2.05, 4.69) is 10.6 Å². The first kappa shape index (κ1) is 24.2. The number of carbonyl (C=O) groups is 3. The van der Waals surface area contributed by atoms with Crippen LogP contribution >= 0.6 is 0 Å². The van der Waals surface area contributed by atoms with Crippen LogP contribution in [-0.4, -0.2) is 35.2 Å². The van der Waals surface area contributed by atoms with Crippen molar-refractivity contribution in [1.82, 2.24) is 15.5 Å². The number of benzene rings is 2. The molecule has 2 aromatic carbocycles. The second kappa shape index (κ2) is 11.5. The minimum atomic E-state index is -0.921. The van der Waals surface area contributed by atoms with Crippen LogP contribution in [0.3, 0.4) is 0 Å². The molecule has 2 N–H and O–H groups in total. The Morgan fingerprint density at radius 1 is 0.971 bits per heavy atom.